The molecule has 0 bridgehead atoms. The van der Waals surface area contributed by atoms with Gasteiger partial charge in [0.25, 0.3) is 0 Å². The van der Waals surface area contributed by atoms with E-state index in [1.807, 2.05) is 0 Å². The normalized spacial score (nSPS) is 12.1. The van der Waals surface area contributed by atoms with Gasteiger partial charge >= 0.3 is 43.0 Å². The third kappa shape index (κ3) is 37.1. The van der Waals surface area contributed by atoms with Gasteiger partial charge in [-0.05, 0) is 24.3 Å². The quantitative estimate of drug-likeness (QED) is 0.0693. The fourth-order valence-electron chi connectivity index (χ4n) is 2.65. The van der Waals surface area contributed by atoms with Crippen LogP contribution in [0.15, 0.2) is 0 Å². The van der Waals surface area contributed by atoms with E-state index in [2.05, 4.69) is 23.7 Å². The molecule has 0 aromatic rings. The van der Waals surface area contributed by atoms with Gasteiger partial charge in [-0.25, -0.2) is 9.59 Å². The number of carboxylic acid groups (broad SMARTS) is 2. The van der Waals surface area contributed by atoms with Gasteiger partial charge in [0.15, 0.2) is 10.9 Å². The molecule has 0 saturated heterocycles. The summed E-state index contributed by atoms with van der Waals surface area (Å²) in [6, 6.07) is 0. The van der Waals surface area contributed by atoms with Crippen molar-refractivity contribution in [3.05, 3.63) is 0 Å². The molecule has 0 aromatic carbocycles. The Morgan fingerprint density at radius 2 is 0.848 bits per heavy atom. The van der Waals surface area contributed by atoms with E-state index in [9.17, 15) is 9.59 Å². The predicted octanol–water partition coefficient (Wildman–Crippen LogP) is 6.53. The number of thioether (sulfide) groups is 2. The van der Waals surface area contributed by atoms with Crippen LogP contribution in [0.2, 0.25) is 9.88 Å². The van der Waals surface area contributed by atoms with E-state index in [4.69, 9.17) is 20.4 Å². The number of rotatable bonds is 20. The van der Waals surface area contributed by atoms with Crippen molar-refractivity contribution >= 4 is 56.6 Å². The number of aliphatic carboxylic acids is 2. The molecule has 9 heteroatoms. The summed E-state index contributed by atoms with van der Waals surface area (Å²) in [6.45, 7) is 4.39. The molecule has 0 aliphatic rings. The van der Waals surface area contributed by atoms with Crippen LogP contribution >= 0.6 is 23.5 Å². The van der Waals surface area contributed by atoms with Crippen LogP contribution < -0.4 is 0 Å². The number of aliphatic hydroxyl groups excluding tert-OH is 2. The molecule has 2 atom stereocenters. The monoisotopic (exact) mass is 618 g/mol. The van der Waals surface area contributed by atoms with Gasteiger partial charge in [0.2, 0.25) is 0 Å². The molecule has 0 aliphatic carbocycles. The Morgan fingerprint density at radius 1 is 0.606 bits per heavy atom. The molecule has 6 nitrogen and oxygen atoms in total. The van der Waals surface area contributed by atoms with Gasteiger partial charge < -0.3 is 20.4 Å². The topological polar surface area (TPSA) is 115 Å². The third-order valence-corrected chi connectivity index (χ3v) is 6.55. The third-order valence-electron chi connectivity index (χ3n) is 4.47. The zero-order valence-electron chi connectivity index (χ0n) is 21.4. The fourth-order valence-corrected chi connectivity index (χ4v) is 4.12. The number of hydrogen-bond donors (Lipinski definition) is 4. The van der Waals surface area contributed by atoms with E-state index in [1.165, 1.54) is 64.2 Å². The molecule has 198 valence electrons. The van der Waals surface area contributed by atoms with Crippen LogP contribution in [0.1, 0.15) is 104 Å². The van der Waals surface area contributed by atoms with E-state index >= 15 is 0 Å². The number of hydrogen-bond acceptors (Lipinski definition) is 6. The molecule has 4 N–H and O–H groups in total. The van der Waals surface area contributed by atoms with Crippen LogP contribution in [-0.4, -0.2) is 75.9 Å². The number of aliphatic hydroxyl groups is 2. The molecular formula is C24H50O6S2Sn. The van der Waals surface area contributed by atoms with E-state index in [-0.39, 0.29) is 21.1 Å². The molecule has 0 aromatic heterocycles. The zero-order chi connectivity index (χ0) is 25.7. The van der Waals surface area contributed by atoms with Crippen LogP contribution in [0.5, 0.6) is 0 Å². The molecule has 0 heterocycles. The summed E-state index contributed by atoms with van der Waals surface area (Å²) in [5.41, 5.74) is -2.49. The Labute approximate surface area is 221 Å². The second kappa shape index (κ2) is 32.4. The van der Waals surface area contributed by atoms with Gasteiger partial charge in [0.05, 0.1) is 0 Å². The first-order chi connectivity index (χ1) is 15.8. The number of carbonyl (C=O) groups is 2. The molecule has 0 rings (SSSR count). The van der Waals surface area contributed by atoms with Crippen molar-refractivity contribution in [3.63, 3.8) is 0 Å². The summed E-state index contributed by atoms with van der Waals surface area (Å²) in [5.74, 6) is -0.798. The Morgan fingerprint density at radius 3 is 1.09 bits per heavy atom. The standard InChI is InChI=1S/C12H24O3S.C10H20O3S.2CH3.Sn/c1-2-3-4-5-6-7-8-9-10-16-12(15)11(13)14;1-2-3-4-5-6-7-8-14-10(13)9(11)12;;;/h12,15H,2-10H2,1H3,(H,13,14);10,13H,2-8H2,1H3,(H,11,12);2*1H3;. The first kappa shape index (κ1) is 37.9. The van der Waals surface area contributed by atoms with Crippen molar-refractivity contribution in [2.24, 2.45) is 0 Å². The van der Waals surface area contributed by atoms with Gasteiger partial charge in [0, 0.05) is 0 Å². The fraction of sp³-hybridized carbons (Fsp3) is 0.917. The van der Waals surface area contributed by atoms with Gasteiger partial charge in [0.1, 0.15) is 0 Å². The van der Waals surface area contributed by atoms with E-state index in [1.54, 1.807) is 0 Å². The van der Waals surface area contributed by atoms with Crippen LogP contribution in [0.25, 0.3) is 0 Å². The Bertz CT molecular complexity index is 416. The van der Waals surface area contributed by atoms with Gasteiger partial charge in [-0.1, -0.05) is 90.9 Å². The molecule has 0 spiro atoms. The molecule has 0 fully saturated rings. The van der Waals surface area contributed by atoms with Crippen LogP contribution in [0, 0.1) is 0 Å². The minimum absolute atomic E-state index is 0.230. The molecule has 0 amide bonds. The second-order valence-corrected chi connectivity index (χ2v) is 13.1. The van der Waals surface area contributed by atoms with Crippen molar-refractivity contribution in [2.75, 3.05) is 11.5 Å². The number of unbranched alkanes of at least 4 members (excludes halogenated alkanes) is 12. The summed E-state index contributed by atoms with van der Waals surface area (Å²) in [4.78, 5) is 25.1. The molecule has 0 saturated carbocycles. The molecule has 2 radical (unpaired) electrons. The van der Waals surface area contributed by atoms with E-state index in [0.29, 0.717) is 0 Å². The van der Waals surface area contributed by atoms with Crippen molar-refractivity contribution in [1.29, 1.82) is 0 Å². The second-order valence-electron chi connectivity index (χ2n) is 7.87. The average molecular weight is 618 g/mol. The Kier molecular flexibility index (Phi) is 37.2. The van der Waals surface area contributed by atoms with Crippen molar-refractivity contribution < 1.29 is 30.0 Å². The summed E-state index contributed by atoms with van der Waals surface area (Å²) in [7, 11) is 0. The SMILES string of the molecule is CCCCCCCCCCSC(O)C(=O)O.CCCCCCCCSC(O)C(=O)O.[CH3][Sn][CH3]. The summed E-state index contributed by atoms with van der Waals surface area (Å²) < 4.78 is 0. The summed E-state index contributed by atoms with van der Waals surface area (Å²) in [6.07, 6.45) is 17.1. The first-order valence-corrected chi connectivity index (χ1v) is 20.2. The van der Waals surface area contributed by atoms with Crippen molar-refractivity contribution in [1.82, 2.24) is 0 Å². The maximum absolute atomic E-state index is 10.3. The minimum atomic E-state index is -1.25. The van der Waals surface area contributed by atoms with Crippen LogP contribution in [-0.2, 0) is 9.59 Å². The average Bonchev–Trinajstić information content (AvgIpc) is 2.77. The van der Waals surface area contributed by atoms with Crippen LogP contribution in [0.3, 0.4) is 0 Å². The van der Waals surface area contributed by atoms with E-state index < -0.39 is 22.8 Å². The summed E-state index contributed by atoms with van der Waals surface area (Å²) in [5, 5.41) is 34.7. The first-order valence-electron chi connectivity index (χ1n) is 12.4. The molecule has 0 aliphatic heterocycles. The Balaban J connectivity index is -0.000000490. The maximum atomic E-state index is 10.3. The Hall–Kier alpha value is 0.359. The molecule has 2 unspecified atom stereocenters. The van der Waals surface area contributed by atoms with Crippen molar-refractivity contribution in [3.8, 4) is 0 Å². The van der Waals surface area contributed by atoms with E-state index in [0.717, 1.165) is 60.7 Å². The van der Waals surface area contributed by atoms with Gasteiger partial charge in [-0.3, -0.25) is 0 Å². The zero-order valence-corrected chi connectivity index (χ0v) is 25.9. The molecular weight excluding hydrogens is 567 g/mol. The van der Waals surface area contributed by atoms with Gasteiger partial charge in [-0.2, -0.15) is 0 Å². The van der Waals surface area contributed by atoms with Crippen LogP contribution in [0.4, 0.5) is 0 Å². The van der Waals surface area contributed by atoms with Crippen molar-refractivity contribution in [2.45, 2.75) is 124 Å². The number of carboxylic acids is 2. The predicted molar refractivity (Wildman–Crippen MR) is 146 cm³/mol. The van der Waals surface area contributed by atoms with Gasteiger partial charge in [-0.15, -0.1) is 23.5 Å². The summed E-state index contributed by atoms with van der Waals surface area (Å²) >= 11 is 2.45. The molecule has 33 heavy (non-hydrogen) atoms.